The fraction of sp³-hybridized carbons (Fsp3) is 0.0909. The number of hydrogen-bond donors (Lipinski definition) is 2. The summed E-state index contributed by atoms with van der Waals surface area (Å²) in [5.41, 5.74) is 2.05. The van der Waals surface area contributed by atoms with Crippen molar-refractivity contribution in [2.75, 3.05) is 11.9 Å². The second-order valence-corrected chi connectivity index (χ2v) is 7.46. The minimum Gasteiger partial charge on any atom is -0.462 e. The Morgan fingerprint density at radius 2 is 1.91 bits per heavy atom. The summed E-state index contributed by atoms with van der Waals surface area (Å²) in [7, 11) is 0. The first-order valence-electron chi connectivity index (χ1n) is 9.60. The molecule has 32 heavy (non-hydrogen) atoms. The number of esters is 1. The number of nitrogens with zero attached hydrogens (tertiary/aromatic N) is 3. The molecule has 0 aliphatic heterocycles. The molecule has 0 aliphatic rings. The van der Waals surface area contributed by atoms with Crippen LogP contribution in [0.1, 0.15) is 27.8 Å². The highest BCUT2D eigenvalue weighted by atomic mass is 35.5. The summed E-state index contributed by atoms with van der Waals surface area (Å²) in [6.07, 6.45) is 1.35. The molecule has 0 aliphatic carbocycles. The number of para-hydroxylation sites is 1. The molecule has 0 unspecified atom stereocenters. The van der Waals surface area contributed by atoms with Gasteiger partial charge < -0.3 is 10.1 Å². The van der Waals surface area contributed by atoms with Crippen LogP contribution in [0.15, 0.2) is 60.8 Å². The zero-order valence-electron chi connectivity index (χ0n) is 16.8. The molecule has 2 N–H and O–H groups in total. The van der Waals surface area contributed by atoms with Gasteiger partial charge in [0.25, 0.3) is 5.91 Å². The molecule has 2 heterocycles. The summed E-state index contributed by atoms with van der Waals surface area (Å²) in [6, 6.07) is 15.6. The molecular formula is C22H17Cl2N5O3. The third kappa shape index (κ3) is 4.37. The molecule has 1 amide bonds. The van der Waals surface area contributed by atoms with Gasteiger partial charge in [-0.2, -0.15) is 10.2 Å². The number of benzene rings is 2. The van der Waals surface area contributed by atoms with Crippen LogP contribution in [-0.4, -0.2) is 38.5 Å². The number of ether oxygens (including phenoxy) is 1. The van der Waals surface area contributed by atoms with Crippen LogP contribution >= 0.6 is 23.2 Å². The average Bonchev–Trinajstić information content (AvgIpc) is 3.42. The van der Waals surface area contributed by atoms with Crippen LogP contribution in [0, 0.1) is 0 Å². The predicted molar refractivity (Wildman–Crippen MR) is 122 cm³/mol. The number of anilines is 1. The van der Waals surface area contributed by atoms with Crippen molar-refractivity contribution in [3.05, 3.63) is 82.1 Å². The smallest absolute Gasteiger partial charge is 0.343 e. The number of aromatic amines is 1. The lowest BCUT2D eigenvalue weighted by Gasteiger charge is -2.10. The van der Waals surface area contributed by atoms with E-state index in [1.54, 1.807) is 43.3 Å². The van der Waals surface area contributed by atoms with Gasteiger partial charge in [0.05, 0.1) is 29.2 Å². The van der Waals surface area contributed by atoms with E-state index in [4.69, 9.17) is 27.9 Å². The summed E-state index contributed by atoms with van der Waals surface area (Å²) in [6.45, 7) is 1.89. The van der Waals surface area contributed by atoms with Crippen LogP contribution < -0.4 is 5.32 Å². The Labute approximate surface area is 193 Å². The normalized spacial score (nSPS) is 10.7. The number of amides is 1. The van der Waals surface area contributed by atoms with E-state index in [0.29, 0.717) is 27.0 Å². The summed E-state index contributed by atoms with van der Waals surface area (Å²) in [5, 5.41) is 14.7. The first-order chi connectivity index (χ1) is 15.5. The molecule has 0 saturated carbocycles. The van der Waals surface area contributed by atoms with E-state index in [1.807, 2.05) is 18.2 Å². The molecule has 10 heteroatoms. The number of hydrogen-bond acceptors (Lipinski definition) is 5. The van der Waals surface area contributed by atoms with Crippen LogP contribution in [0.4, 0.5) is 5.82 Å². The van der Waals surface area contributed by atoms with Crippen molar-refractivity contribution < 1.29 is 14.3 Å². The van der Waals surface area contributed by atoms with Crippen LogP contribution in [-0.2, 0) is 4.74 Å². The average molecular weight is 470 g/mol. The first kappa shape index (κ1) is 21.6. The Bertz CT molecular complexity index is 1280. The van der Waals surface area contributed by atoms with Gasteiger partial charge in [-0.3, -0.25) is 9.89 Å². The Balaban J connectivity index is 1.66. The Hall–Kier alpha value is -3.62. The number of carbonyl (C=O) groups is 2. The quantitative estimate of drug-likeness (QED) is 0.387. The third-order valence-corrected chi connectivity index (χ3v) is 5.07. The van der Waals surface area contributed by atoms with Crippen LogP contribution in [0.3, 0.4) is 0 Å². The van der Waals surface area contributed by atoms with Gasteiger partial charge in [-0.1, -0.05) is 41.4 Å². The summed E-state index contributed by atoms with van der Waals surface area (Å²) >= 11 is 12.2. The second-order valence-electron chi connectivity index (χ2n) is 6.62. The number of H-pyrrole nitrogens is 1. The highest BCUT2D eigenvalue weighted by Gasteiger charge is 2.23. The minimum absolute atomic E-state index is 0.129. The maximum atomic E-state index is 13.0. The summed E-state index contributed by atoms with van der Waals surface area (Å²) < 4.78 is 6.56. The molecule has 0 radical (unpaired) electrons. The lowest BCUT2D eigenvalue weighted by Crippen LogP contribution is -2.18. The SMILES string of the molecule is CCOC(=O)c1cnn(-c2ccccc2)c1NC(=O)c1cc(-c2ccc(Cl)cc2Cl)n[nH]1. The van der Waals surface area contributed by atoms with Gasteiger partial charge in [-0.25, -0.2) is 9.48 Å². The zero-order valence-corrected chi connectivity index (χ0v) is 18.3. The van der Waals surface area contributed by atoms with Gasteiger partial charge in [0.2, 0.25) is 0 Å². The van der Waals surface area contributed by atoms with Crippen LogP contribution in [0.5, 0.6) is 0 Å². The van der Waals surface area contributed by atoms with E-state index in [0.717, 1.165) is 0 Å². The molecule has 2 aromatic heterocycles. The van der Waals surface area contributed by atoms with Crippen molar-refractivity contribution in [3.8, 4) is 16.9 Å². The molecule has 2 aromatic carbocycles. The van der Waals surface area contributed by atoms with Crippen molar-refractivity contribution in [1.29, 1.82) is 0 Å². The molecule has 0 spiro atoms. The molecule has 162 valence electrons. The minimum atomic E-state index is -0.594. The van der Waals surface area contributed by atoms with Crippen molar-refractivity contribution in [2.24, 2.45) is 0 Å². The number of aromatic nitrogens is 4. The van der Waals surface area contributed by atoms with Crippen molar-refractivity contribution >= 4 is 40.9 Å². The van der Waals surface area contributed by atoms with Crippen molar-refractivity contribution in [1.82, 2.24) is 20.0 Å². The van der Waals surface area contributed by atoms with Gasteiger partial charge in [0.15, 0.2) is 5.82 Å². The second kappa shape index (κ2) is 9.25. The zero-order chi connectivity index (χ0) is 22.7. The number of carbonyl (C=O) groups excluding carboxylic acids is 2. The molecule has 0 atom stereocenters. The van der Waals surface area contributed by atoms with E-state index < -0.39 is 11.9 Å². The molecule has 4 aromatic rings. The number of nitrogens with one attached hydrogen (secondary N) is 2. The topological polar surface area (TPSA) is 102 Å². The van der Waals surface area contributed by atoms with Gasteiger partial charge in [-0.15, -0.1) is 0 Å². The lowest BCUT2D eigenvalue weighted by molar-refractivity contribution is 0.0527. The largest absolute Gasteiger partial charge is 0.462 e. The Morgan fingerprint density at radius 3 is 2.62 bits per heavy atom. The number of halogens is 2. The van der Waals surface area contributed by atoms with E-state index >= 15 is 0 Å². The van der Waals surface area contributed by atoms with E-state index in [-0.39, 0.29) is 23.7 Å². The highest BCUT2D eigenvalue weighted by Crippen LogP contribution is 2.29. The molecule has 0 fully saturated rings. The third-order valence-electron chi connectivity index (χ3n) is 4.53. The summed E-state index contributed by atoms with van der Waals surface area (Å²) in [4.78, 5) is 25.4. The van der Waals surface area contributed by atoms with E-state index in [2.05, 4.69) is 20.6 Å². The van der Waals surface area contributed by atoms with E-state index in [9.17, 15) is 9.59 Å². The lowest BCUT2D eigenvalue weighted by atomic mass is 10.1. The maximum Gasteiger partial charge on any atom is 0.343 e. The van der Waals surface area contributed by atoms with Crippen LogP contribution in [0.2, 0.25) is 10.0 Å². The van der Waals surface area contributed by atoms with E-state index in [1.165, 1.54) is 10.9 Å². The van der Waals surface area contributed by atoms with Gasteiger partial charge >= 0.3 is 5.97 Å². The molecule has 0 saturated heterocycles. The molecule has 8 nitrogen and oxygen atoms in total. The first-order valence-corrected chi connectivity index (χ1v) is 10.4. The standard InChI is InChI=1S/C22H17Cl2N5O3/c1-2-32-22(31)16-12-25-29(14-6-4-3-5-7-14)20(16)26-21(30)19-11-18(27-28-19)15-9-8-13(23)10-17(15)24/h3-12H,2H2,1H3,(H,26,30)(H,27,28). The highest BCUT2D eigenvalue weighted by molar-refractivity contribution is 6.36. The molecule has 4 rings (SSSR count). The monoisotopic (exact) mass is 469 g/mol. The fourth-order valence-corrected chi connectivity index (χ4v) is 3.55. The summed E-state index contributed by atoms with van der Waals surface area (Å²) in [5.74, 6) is -0.930. The Kier molecular flexibility index (Phi) is 6.25. The fourth-order valence-electron chi connectivity index (χ4n) is 3.04. The van der Waals surface area contributed by atoms with Crippen LogP contribution in [0.25, 0.3) is 16.9 Å². The molecule has 0 bridgehead atoms. The number of rotatable bonds is 6. The van der Waals surface area contributed by atoms with Crippen molar-refractivity contribution in [3.63, 3.8) is 0 Å². The van der Waals surface area contributed by atoms with Gasteiger partial charge in [0, 0.05) is 10.6 Å². The molecular weight excluding hydrogens is 453 g/mol. The Morgan fingerprint density at radius 1 is 1.12 bits per heavy atom. The van der Waals surface area contributed by atoms with Crippen molar-refractivity contribution in [2.45, 2.75) is 6.92 Å². The predicted octanol–water partition coefficient (Wildman–Crippen LogP) is 5.00. The maximum absolute atomic E-state index is 13.0. The van der Waals surface area contributed by atoms with Gasteiger partial charge in [0.1, 0.15) is 11.3 Å². The van der Waals surface area contributed by atoms with Gasteiger partial charge in [-0.05, 0) is 43.3 Å².